The molecule has 0 aliphatic rings. The van der Waals surface area contributed by atoms with Crippen molar-refractivity contribution in [1.82, 2.24) is 24.4 Å². The fraction of sp³-hybridized carbons (Fsp3) is 0.211. The minimum absolute atomic E-state index is 0.0191. The van der Waals surface area contributed by atoms with Gasteiger partial charge in [-0.05, 0) is 23.3 Å². The highest BCUT2D eigenvalue weighted by atomic mass is 19.3. The van der Waals surface area contributed by atoms with Crippen molar-refractivity contribution in [2.24, 2.45) is 12.8 Å². The molecule has 0 aliphatic carbocycles. The molecule has 3 aromatic heterocycles. The molecule has 3 heterocycles. The molecule has 0 radical (unpaired) electrons. The molecular weight excluding hydrogens is 369 g/mol. The van der Waals surface area contributed by atoms with Gasteiger partial charge in [-0.25, -0.2) is 22.7 Å². The topological polar surface area (TPSA) is 74.0 Å². The normalized spacial score (nSPS) is 11.6. The first kappa shape index (κ1) is 18.2. The van der Waals surface area contributed by atoms with Gasteiger partial charge in [0.1, 0.15) is 17.8 Å². The fourth-order valence-corrected chi connectivity index (χ4v) is 3.28. The lowest BCUT2D eigenvalue weighted by Crippen LogP contribution is -2.09. The number of nitrogens with two attached hydrogens (primary N) is 1. The summed E-state index contributed by atoms with van der Waals surface area (Å²) in [5.74, 6) is -0.729. The van der Waals surface area contributed by atoms with Gasteiger partial charge in [0.15, 0.2) is 0 Å². The number of hydrogen-bond donors (Lipinski definition) is 1. The molecule has 4 rings (SSSR count). The lowest BCUT2D eigenvalue weighted by Gasteiger charge is -2.13. The van der Waals surface area contributed by atoms with Crippen molar-refractivity contribution in [3.05, 3.63) is 60.1 Å². The molecule has 0 atom stereocenters. The maximum absolute atomic E-state index is 15.2. The molecule has 0 saturated heterocycles. The number of halogens is 3. The van der Waals surface area contributed by atoms with Crippen LogP contribution in [0.1, 0.15) is 11.1 Å². The van der Waals surface area contributed by atoms with Crippen LogP contribution in [-0.4, -0.2) is 30.8 Å². The van der Waals surface area contributed by atoms with Crippen molar-refractivity contribution in [1.29, 1.82) is 0 Å². The summed E-state index contributed by atoms with van der Waals surface area (Å²) in [6, 6.07) is 4.90. The van der Waals surface area contributed by atoms with Gasteiger partial charge in [0.25, 0.3) is 0 Å². The highest BCUT2D eigenvalue weighted by Gasteiger charge is 2.20. The third-order valence-electron chi connectivity index (χ3n) is 4.62. The Bertz CT molecular complexity index is 1150. The average Bonchev–Trinajstić information content (AvgIpc) is 3.29. The van der Waals surface area contributed by atoms with Crippen LogP contribution >= 0.6 is 0 Å². The summed E-state index contributed by atoms with van der Waals surface area (Å²) >= 11 is 0. The summed E-state index contributed by atoms with van der Waals surface area (Å²) in [5, 5.41) is 8.32. The first-order chi connectivity index (χ1) is 13.5. The molecule has 1 aromatic carbocycles. The fourth-order valence-electron chi connectivity index (χ4n) is 3.28. The number of aryl methyl sites for hydroxylation is 1. The van der Waals surface area contributed by atoms with E-state index in [-0.39, 0.29) is 17.7 Å². The van der Waals surface area contributed by atoms with Gasteiger partial charge < -0.3 is 5.73 Å². The molecule has 9 heteroatoms. The molecule has 0 aliphatic heterocycles. The van der Waals surface area contributed by atoms with Crippen LogP contribution in [0.2, 0.25) is 0 Å². The second-order valence-electron chi connectivity index (χ2n) is 6.43. The molecular formula is C19H17F3N6. The van der Waals surface area contributed by atoms with Crippen molar-refractivity contribution in [2.75, 3.05) is 0 Å². The van der Waals surface area contributed by atoms with Crippen LogP contribution in [0, 0.1) is 5.82 Å². The van der Waals surface area contributed by atoms with Gasteiger partial charge in [-0.1, -0.05) is 6.07 Å². The van der Waals surface area contributed by atoms with E-state index < -0.39 is 18.7 Å². The van der Waals surface area contributed by atoms with E-state index >= 15 is 4.39 Å². The first-order valence-electron chi connectivity index (χ1n) is 8.59. The third-order valence-corrected chi connectivity index (χ3v) is 4.62. The van der Waals surface area contributed by atoms with E-state index in [4.69, 9.17) is 5.73 Å². The number of hydrogen-bond acceptors (Lipinski definition) is 4. The van der Waals surface area contributed by atoms with Crippen molar-refractivity contribution >= 4 is 5.52 Å². The summed E-state index contributed by atoms with van der Waals surface area (Å²) in [7, 11) is 1.81. The molecule has 0 fully saturated rings. The van der Waals surface area contributed by atoms with Crippen molar-refractivity contribution in [2.45, 2.75) is 19.4 Å². The zero-order valence-corrected chi connectivity index (χ0v) is 15.0. The molecule has 144 valence electrons. The maximum Gasteiger partial charge on any atom is 0.242 e. The van der Waals surface area contributed by atoms with E-state index in [1.165, 1.54) is 12.4 Å². The zero-order valence-electron chi connectivity index (χ0n) is 15.0. The Morgan fingerprint density at radius 3 is 2.64 bits per heavy atom. The predicted molar refractivity (Wildman–Crippen MR) is 98.2 cm³/mol. The molecule has 0 saturated carbocycles. The van der Waals surface area contributed by atoms with Gasteiger partial charge >= 0.3 is 0 Å². The Morgan fingerprint density at radius 2 is 1.96 bits per heavy atom. The van der Waals surface area contributed by atoms with Gasteiger partial charge in [-0.15, -0.1) is 0 Å². The molecule has 0 spiro atoms. The van der Waals surface area contributed by atoms with Crippen molar-refractivity contribution in [3.8, 4) is 22.4 Å². The number of alkyl halides is 2. The Labute approximate surface area is 158 Å². The molecule has 0 unspecified atom stereocenters. The van der Waals surface area contributed by atoms with Gasteiger partial charge in [0.05, 0.1) is 11.7 Å². The Kier molecular flexibility index (Phi) is 4.60. The number of fused-ring (bicyclic) bond motifs is 1. The lowest BCUT2D eigenvalue weighted by molar-refractivity contribution is 0.147. The highest BCUT2D eigenvalue weighted by Crippen LogP contribution is 2.32. The molecule has 6 nitrogen and oxygen atoms in total. The number of rotatable bonds is 5. The third kappa shape index (κ3) is 3.13. The standard InChI is InChI=1S/C19H17F3N6/c1-27-8-13(7-25-27)12-4-16-19(24-10-26-28(16)9-12)14-3-2-11(6-23)15(18(14)22)5-17(20)21/h2-4,7-10,17H,5-6,23H2,1H3. The first-order valence-corrected chi connectivity index (χ1v) is 8.59. The second kappa shape index (κ2) is 7.08. The van der Waals surface area contributed by atoms with E-state index in [2.05, 4.69) is 15.2 Å². The monoisotopic (exact) mass is 386 g/mol. The molecule has 2 N–H and O–H groups in total. The van der Waals surface area contributed by atoms with Gasteiger partial charge in [-0.2, -0.15) is 10.2 Å². The quantitative estimate of drug-likeness (QED) is 0.572. The van der Waals surface area contributed by atoms with E-state index in [9.17, 15) is 8.78 Å². The van der Waals surface area contributed by atoms with Crippen molar-refractivity contribution in [3.63, 3.8) is 0 Å². The van der Waals surface area contributed by atoms with Crippen LogP contribution in [-0.2, 0) is 20.0 Å². The highest BCUT2D eigenvalue weighted by molar-refractivity contribution is 5.82. The van der Waals surface area contributed by atoms with Gasteiger partial charge in [0, 0.05) is 49.1 Å². The number of aromatic nitrogens is 5. The van der Waals surface area contributed by atoms with E-state index in [0.717, 1.165) is 11.1 Å². The van der Waals surface area contributed by atoms with Crippen molar-refractivity contribution < 1.29 is 13.2 Å². The predicted octanol–water partition coefficient (Wildman–Crippen LogP) is 3.20. The number of benzene rings is 1. The summed E-state index contributed by atoms with van der Waals surface area (Å²) in [4.78, 5) is 4.21. The molecule has 28 heavy (non-hydrogen) atoms. The zero-order chi connectivity index (χ0) is 19.8. The summed E-state index contributed by atoms with van der Waals surface area (Å²) in [6.45, 7) is -0.0191. The van der Waals surface area contributed by atoms with E-state index in [1.54, 1.807) is 27.7 Å². The van der Waals surface area contributed by atoms with Gasteiger partial charge in [0.2, 0.25) is 6.43 Å². The van der Waals surface area contributed by atoms with Crippen LogP contribution in [0.25, 0.3) is 27.9 Å². The van der Waals surface area contributed by atoms with Crippen LogP contribution in [0.5, 0.6) is 0 Å². The molecule has 4 aromatic rings. The lowest BCUT2D eigenvalue weighted by atomic mass is 9.98. The Hall–Kier alpha value is -3.20. The summed E-state index contributed by atoms with van der Waals surface area (Å²) < 4.78 is 44.3. The Balaban J connectivity index is 1.88. The minimum atomic E-state index is -2.68. The van der Waals surface area contributed by atoms with Gasteiger partial charge in [-0.3, -0.25) is 4.68 Å². The summed E-state index contributed by atoms with van der Waals surface area (Å²) in [5.41, 5.74) is 8.60. The van der Waals surface area contributed by atoms with Crippen LogP contribution in [0.3, 0.4) is 0 Å². The Morgan fingerprint density at radius 1 is 1.14 bits per heavy atom. The molecule has 0 bridgehead atoms. The minimum Gasteiger partial charge on any atom is -0.326 e. The number of nitrogens with zero attached hydrogens (tertiary/aromatic N) is 5. The second-order valence-corrected chi connectivity index (χ2v) is 6.43. The van der Waals surface area contributed by atoms with Crippen LogP contribution in [0.15, 0.2) is 43.1 Å². The van der Waals surface area contributed by atoms with Crippen LogP contribution < -0.4 is 5.73 Å². The average molecular weight is 386 g/mol. The summed E-state index contributed by atoms with van der Waals surface area (Å²) in [6.07, 6.45) is 3.27. The van der Waals surface area contributed by atoms with E-state index in [0.29, 0.717) is 16.8 Å². The maximum atomic E-state index is 15.2. The largest absolute Gasteiger partial charge is 0.326 e. The van der Waals surface area contributed by atoms with E-state index in [1.807, 2.05) is 19.3 Å². The SMILES string of the molecule is Cn1cc(-c2cc3c(-c4ccc(CN)c(CC(F)F)c4F)ncnn3c2)cn1. The van der Waals surface area contributed by atoms with Crippen LogP contribution in [0.4, 0.5) is 13.2 Å². The molecule has 0 amide bonds. The smallest absolute Gasteiger partial charge is 0.242 e.